The van der Waals surface area contributed by atoms with Crippen LogP contribution in [0.1, 0.15) is 45.4 Å². The van der Waals surface area contributed by atoms with Crippen LogP contribution < -0.4 is 0 Å². The van der Waals surface area contributed by atoms with Crippen LogP contribution in [0.2, 0.25) is 0 Å². The van der Waals surface area contributed by atoms with Crippen LogP contribution in [0.4, 0.5) is 0 Å². The average molecular weight is 390 g/mol. The normalized spacial score (nSPS) is 11.7. The minimum atomic E-state index is -4.25. The number of quaternary nitrogens is 1. The van der Waals surface area contributed by atoms with Crippen LogP contribution in [0.15, 0.2) is 35.2 Å². The fraction of sp³-hybridized carbons (Fsp3) is 0.684. The summed E-state index contributed by atoms with van der Waals surface area (Å²) in [5.74, 6) is 0. The van der Waals surface area contributed by atoms with Crippen molar-refractivity contribution in [2.24, 2.45) is 0 Å². The van der Waals surface area contributed by atoms with E-state index in [4.69, 9.17) is 10.2 Å². The van der Waals surface area contributed by atoms with Gasteiger partial charge >= 0.3 is 0 Å². The van der Waals surface area contributed by atoms with Gasteiger partial charge in [0.2, 0.25) is 0 Å². The molecule has 1 aromatic rings. The van der Waals surface area contributed by atoms with Crippen molar-refractivity contribution in [2.45, 2.75) is 50.3 Å². The molecule has 0 atom stereocenters. The van der Waals surface area contributed by atoms with E-state index in [1.54, 1.807) is 6.07 Å². The second kappa shape index (κ2) is 14.1. The lowest BCUT2D eigenvalue weighted by molar-refractivity contribution is -0.910. The summed E-state index contributed by atoms with van der Waals surface area (Å²) in [6.07, 6.45) is 7.80. The Morgan fingerprint density at radius 2 is 1.38 bits per heavy atom. The largest absolute Gasteiger partial charge is 0.744 e. The van der Waals surface area contributed by atoms with Crippen LogP contribution in [0.5, 0.6) is 0 Å². The van der Waals surface area contributed by atoms with E-state index in [-0.39, 0.29) is 18.1 Å². The summed E-state index contributed by atoms with van der Waals surface area (Å²) in [6, 6.07) is 7.19. The Labute approximate surface area is 158 Å². The van der Waals surface area contributed by atoms with Crippen LogP contribution in [0.25, 0.3) is 0 Å². The van der Waals surface area contributed by atoms with E-state index in [0.717, 1.165) is 24.1 Å². The number of benzene rings is 1. The monoisotopic (exact) mass is 389 g/mol. The van der Waals surface area contributed by atoms with Crippen LogP contribution in [-0.2, 0) is 10.1 Å². The van der Waals surface area contributed by atoms with Gasteiger partial charge in [-0.2, -0.15) is 0 Å². The maximum atomic E-state index is 10.3. The number of hydrogen-bond donors (Lipinski definition) is 2. The van der Waals surface area contributed by atoms with Gasteiger partial charge in [0.25, 0.3) is 0 Å². The molecule has 0 bridgehead atoms. The smallest absolute Gasteiger partial charge is 0.124 e. The van der Waals surface area contributed by atoms with E-state index in [1.807, 2.05) is 0 Å². The van der Waals surface area contributed by atoms with Crippen LogP contribution >= 0.6 is 0 Å². The third-order valence-electron chi connectivity index (χ3n) is 4.36. The third-order valence-corrected chi connectivity index (χ3v) is 5.21. The number of aliphatic hydroxyl groups excluding tert-OH is 2. The molecule has 0 heterocycles. The van der Waals surface area contributed by atoms with E-state index in [1.165, 1.54) is 62.8 Å². The van der Waals surface area contributed by atoms with Gasteiger partial charge in [0, 0.05) is 0 Å². The highest BCUT2D eigenvalue weighted by atomic mass is 32.2. The molecule has 0 saturated heterocycles. The predicted molar refractivity (Wildman–Crippen MR) is 103 cm³/mol. The highest BCUT2D eigenvalue weighted by Gasteiger charge is 2.19. The van der Waals surface area contributed by atoms with Gasteiger partial charge in [0.05, 0.1) is 31.7 Å². The molecule has 1 aromatic carbocycles. The first kappa shape index (κ1) is 25.0. The summed E-state index contributed by atoms with van der Waals surface area (Å²) in [5, 5.41) is 18.0. The first-order valence-corrected chi connectivity index (χ1v) is 10.8. The molecule has 0 saturated carbocycles. The number of nitrogens with zero attached hydrogens (tertiary/aromatic N) is 1. The Morgan fingerprint density at radius 3 is 1.81 bits per heavy atom. The zero-order valence-electron chi connectivity index (χ0n) is 16.1. The summed E-state index contributed by atoms with van der Waals surface area (Å²) < 4.78 is 31.6. The van der Waals surface area contributed by atoms with E-state index in [2.05, 4.69) is 14.0 Å². The van der Waals surface area contributed by atoms with E-state index < -0.39 is 10.1 Å². The minimum Gasteiger partial charge on any atom is -0.744 e. The molecule has 1 rings (SSSR count). The second-order valence-electron chi connectivity index (χ2n) is 6.77. The summed E-state index contributed by atoms with van der Waals surface area (Å²) >= 11 is 0. The lowest BCUT2D eigenvalue weighted by Gasteiger charge is -2.33. The molecule has 26 heavy (non-hydrogen) atoms. The van der Waals surface area contributed by atoms with Crippen LogP contribution in [0, 0.1) is 0 Å². The molecule has 0 aliphatic rings. The zero-order valence-corrected chi connectivity index (χ0v) is 17.0. The number of likely N-dealkylation sites (N-methyl/N-ethyl adjacent to an activating group) is 1. The lowest BCUT2D eigenvalue weighted by atomic mass is 10.1. The zero-order chi connectivity index (χ0) is 19.9. The van der Waals surface area contributed by atoms with Gasteiger partial charge in [-0.3, -0.25) is 0 Å². The maximum absolute atomic E-state index is 10.3. The molecular weight excluding hydrogens is 354 g/mol. The van der Waals surface area contributed by atoms with E-state index in [9.17, 15) is 13.0 Å². The SMILES string of the molecule is CCCCCCCC[N+](C)(CCO)CCO.O=S(=O)([O-])c1ccccc1. The molecule has 0 aliphatic carbocycles. The minimum absolute atomic E-state index is 0.185. The Balaban J connectivity index is 0.000000531. The highest BCUT2D eigenvalue weighted by molar-refractivity contribution is 7.85. The first-order chi connectivity index (χ1) is 12.3. The second-order valence-corrected chi connectivity index (χ2v) is 8.15. The quantitative estimate of drug-likeness (QED) is 0.325. The van der Waals surface area contributed by atoms with Crippen molar-refractivity contribution >= 4 is 10.1 Å². The van der Waals surface area contributed by atoms with E-state index in [0.29, 0.717) is 0 Å². The van der Waals surface area contributed by atoms with E-state index >= 15 is 0 Å². The maximum Gasteiger partial charge on any atom is 0.124 e. The fourth-order valence-electron chi connectivity index (χ4n) is 2.68. The standard InChI is InChI=1S/C13H30NO2.C6H6O3S/c1-3-4-5-6-7-8-9-14(2,10-12-15)11-13-16;7-10(8,9)6-4-2-1-3-5-6/h15-16H,3-13H2,1-2H3;1-5H,(H,7,8,9)/q+1;/p-1. The number of unbranched alkanes of at least 4 members (excludes halogenated alkanes) is 5. The third kappa shape index (κ3) is 12.4. The van der Waals surface area contributed by atoms with Crippen LogP contribution in [0.3, 0.4) is 0 Å². The van der Waals surface area contributed by atoms with Crippen molar-refractivity contribution in [3.63, 3.8) is 0 Å². The summed E-state index contributed by atoms with van der Waals surface area (Å²) in [7, 11) is -2.13. The Morgan fingerprint density at radius 1 is 0.885 bits per heavy atom. The molecule has 0 spiro atoms. The van der Waals surface area contributed by atoms with Gasteiger partial charge in [0.1, 0.15) is 23.2 Å². The average Bonchev–Trinajstić information content (AvgIpc) is 2.59. The van der Waals surface area contributed by atoms with Gasteiger partial charge < -0.3 is 19.2 Å². The van der Waals surface area contributed by atoms with Gasteiger partial charge in [0.15, 0.2) is 0 Å². The summed E-state index contributed by atoms with van der Waals surface area (Å²) in [4.78, 5) is -0.185. The summed E-state index contributed by atoms with van der Waals surface area (Å²) in [5.41, 5.74) is 0. The fourth-order valence-corrected chi connectivity index (χ4v) is 3.17. The lowest BCUT2D eigenvalue weighted by Crippen LogP contribution is -2.48. The Bertz CT molecular complexity index is 542. The van der Waals surface area contributed by atoms with Crippen molar-refractivity contribution in [3.8, 4) is 0 Å². The molecule has 2 N–H and O–H groups in total. The molecule has 0 aliphatic heterocycles. The highest BCUT2D eigenvalue weighted by Crippen LogP contribution is 2.09. The molecule has 0 fully saturated rings. The molecular formula is C19H35NO5S. The van der Waals surface area contributed by atoms with Gasteiger partial charge in [-0.05, 0) is 25.0 Å². The van der Waals surface area contributed by atoms with Gasteiger partial charge in [-0.25, -0.2) is 8.42 Å². The topological polar surface area (TPSA) is 97.7 Å². The number of hydrogen-bond acceptors (Lipinski definition) is 5. The number of rotatable bonds is 12. The molecule has 0 aromatic heterocycles. The molecule has 7 heteroatoms. The molecule has 0 unspecified atom stereocenters. The van der Waals surface area contributed by atoms with Gasteiger partial charge in [-0.1, -0.05) is 50.8 Å². The first-order valence-electron chi connectivity index (χ1n) is 9.35. The van der Waals surface area contributed by atoms with Crippen molar-refractivity contribution < 1.29 is 27.7 Å². The number of aliphatic hydroxyl groups is 2. The van der Waals surface area contributed by atoms with Crippen molar-refractivity contribution in [2.75, 3.05) is 39.9 Å². The van der Waals surface area contributed by atoms with Crippen molar-refractivity contribution in [3.05, 3.63) is 30.3 Å². The molecule has 152 valence electrons. The van der Waals surface area contributed by atoms with Gasteiger partial charge in [-0.15, -0.1) is 0 Å². The van der Waals surface area contributed by atoms with Crippen molar-refractivity contribution in [1.82, 2.24) is 0 Å². The van der Waals surface area contributed by atoms with Crippen LogP contribution in [-0.4, -0.2) is 67.6 Å². The predicted octanol–water partition coefficient (Wildman–Crippen LogP) is 2.37. The van der Waals surface area contributed by atoms with Crippen molar-refractivity contribution in [1.29, 1.82) is 0 Å². The Kier molecular flexibility index (Phi) is 13.6. The molecule has 0 amide bonds. The summed E-state index contributed by atoms with van der Waals surface area (Å²) in [6.45, 7) is 5.26. The molecule has 0 radical (unpaired) electrons. The Hall–Kier alpha value is -0.990. The molecule has 6 nitrogen and oxygen atoms in total.